The molecule has 7 rings (SSSR count). The molecule has 7 nitrogen and oxygen atoms in total. The van der Waals surface area contributed by atoms with Crippen LogP contribution in [0.5, 0.6) is 0 Å². The van der Waals surface area contributed by atoms with Crippen LogP contribution in [0.15, 0.2) is 24.7 Å². The van der Waals surface area contributed by atoms with Crippen LogP contribution in [0.1, 0.15) is 48.4 Å². The number of aromatic amines is 1. The topological polar surface area (TPSA) is 82.6 Å². The van der Waals surface area contributed by atoms with Gasteiger partial charge in [-0.1, -0.05) is 6.42 Å². The maximum atomic E-state index is 5.27. The summed E-state index contributed by atoms with van der Waals surface area (Å²) in [5, 5.41) is 5.89. The Morgan fingerprint density at radius 1 is 0.969 bits per heavy atom. The zero-order valence-electron chi connectivity index (χ0n) is 18.2. The minimum atomic E-state index is 0.586. The Morgan fingerprint density at radius 3 is 2.72 bits per heavy atom. The van der Waals surface area contributed by atoms with Crippen molar-refractivity contribution in [3.8, 4) is 11.4 Å². The first-order chi connectivity index (χ1) is 15.9. The molecule has 2 fully saturated rings. The van der Waals surface area contributed by atoms with Gasteiger partial charge >= 0.3 is 0 Å². The summed E-state index contributed by atoms with van der Waals surface area (Å²) in [4.78, 5) is 25.6. The maximum absolute atomic E-state index is 5.27. The minimum absolute atomic E-state index is 0.586. The number of piperazine rings is 1. The summed E-state index contributed by atoms with van der Waals surface area (Å²) in [5.74, 6) is 2.45. The van der Waals surface area contributed by atoms with Gasteiger partial charge in [0, 0.05) is 60.6 Å². The number of hydrogen-bond acceptors (Lipinski definition) is 6. The Balaban J connectivity index is 1.48. The molecule has 1 saturated heterocycles. The third-order valence-corrected chi connectivity index (χ3v) is 7.56. The highest BCUT2D eigenvalue weighted by Crippen LogP contribution is 2.42. The first-order valence-electron chi connectivity index (χ1n) is 12.0. The van der Waals surface area contributed by atoms with Crippen molar-refractivity contribution in [2.75, 3.05) is 31.1 Å². The summed E-state index contributed by atoms with van der Waals surface area (Å²) in [6.07, 6.45) is 13.0. The van der Waals surface area contributed by atoms with Crippen LogP contribution in [-0.4, -0.2) is 51.1 Å². The molecule has 4 aromatic heterocycles. The summed E-state index contributed by atoms with van der Waals surface area (Å²) in [7, 11) is 0. The van der Waals surface area contributed by atoms with Crippen LogP contribution in [0.2, 0.25) is 0 Å². The molecule has 1 aliphatic heterocycles. The van der Waals surface area contributed by atoms with Crippen molar-refractivity contribution in [3.05, 3.63) is 41.5 Å². The van der Waals surface area contributed by atoms with Crippen molar-refractivity contribution in [2.45, 2.75) is 44.4 Å². The molecule has 2 aliphatic carbocycles. The highest BCUT2D eigenvalue weighted by atomic mass is 15.2. The Kier molecular flexibility index (Phi) is 4.18. The molecule has 0 amide bonds. The van der Waals surface area contributed by atoms with Gasteiger partial charge in [-0.05, 0) is 55.2 Å². The quantitative estimate of drug-likeness (QED) is 0.520. The lowest BCUT2D eigenvalue weighted by molar-refractivity contribution is 0.421. The van der Waals surface area contributed by atoms with Crippen molar-refractivity contribution in [1.29, 1.82) is 0 Å². The van der Waals surface area contributed by atoms with Crippen LogP contribution < -0.4 is 10.2 Å². The molecule has 0 aromatic carbocycles. The highest BCUT2D eigenvalue weighted by Gasteiger charge is 2.28. The zero-order valence-corrected chi connectivity index (χ0v) is 18.2. The number of pyridine rings is 2. The number of aromatic nitrogens is 5. The van der Waals surface area contributed by atoms with E-state index in [1.807, 2.05) is 12.4 Å². The van der Waals surface area contributed by atoms with Crippen molar-refractivity contribution in [1.82, 2.24) is 30.2 Å². The van der Waals surface area contributed by atoms with Crippen molar-refractivity contribution >= 4 is 27.8 Å². The van der Waals surface area contributed by atoms with Crippen LogP contribution in [0.4, 0.5) is 5.82 Å². The average molecular weight is 426 g/mol. The molecule has 0 unspecified atom stereocenters. The lowest BCUT2D eigenvalue weighted by Crippen LogP contribution is -2.44. The molecule has 1 saturated carbocycles. The summed E-state index contributed by atoms with van der Waals surface area (Å²) < 4.78 is 0. The summed E-state index contributed by atoms with van der Waals surface area (Å²) in [5.41, 5.74) is 7.07. The Labute approximate surface area is 186 Å². The Hall–Kier alpha value is -3.06. The number of aryl methyl sites for hydroxylation is 2. The molecule has 0 atom stereocenters. The lowest BCUT2D eigenvalue weighted by Gasteiger charge is -2.32. The largest absolute Gasteiger partial charge is 0.353 e. The second-order valence-electron chi connectivity index (χ2n) is 9.38. The third-order valence-electron chi connectivity index (χ3n) is 7.56. The molecule has 0 bridgehead atoms. The molecular formula is C25H27N7. The van der Waals surface area contributed by atoms with Gasteiger partial charge in [-0.3, -0.25) is 4.98 Å². The van der Waals surface area contributed by atoms with Gasteiger partial charge in [-0.2, -0.15) is 0 Å². The molecule has 3 aliphatic rings. The standard InChI is InChI=1S/C25H27N7/c1-3-15(4-1)18-13-27-14-20-22(18)25(32-11-9-26-10-12-32)31-23(30-20)17-7-8-28-24-21(17)16-5-2-6-19(16)29-24/h7-8,13-15,26H,1-6,9-12H2,(H,28,29). The van der Waals surface area contributed by atoms with E-state index in [-0.39, 0.29) is 0 Å². The number of hydrogen-bond donors (Lipinski definition) is 2. The van der Waals surface area contributed by atoms with Gasteiger partial charge in [-0.25, -0.2) is 15.0 Å². The van der Waals surface area contributed by atoms with Gasteiger partial charge < -0.3 is 15.2 Å². The number of rotatable bonds is 3. The summed E-state index contributed by atoms with van der Waals surface area (Å²) in [6, 6.07) is 2.08. The number of nitrogens with one attached hydrogen (secondary N) is 2. The van der Waals surface area contributed by atoms with Gasteiger partial charge in [0.1, 0.15) is 11.5 Å². The van der Waals surface area contributed by atoms with E-state index in [9.17, 15) is 0 Å². The molecule has 162 valence electrons. The summed E-state index contributed by atoms with van der Waals surface area (Å²) in [6.45, 7) is 3.89. The summed E-state index contributed by atoms with van der Waals surface area (Å²) >= 11 is 0. The van der Waals surface area contributed by atoms with E-state index in [2.05, 4.69) is 37.4 Å². The van der Waals surface area contributed by atoms with Gasteiger partial charge in [0.25, 0.3) is 0 Å². The normalized spacial score (nSPS) is 18.9. The van der Waals surface area contributed by atoms with E-state index in [0.29, 0.717) is 5.92 Å². The second kappa shape index (κ2) is 7.24. The Bertz CT molecular complexity index is 1330. The van der Waals surface area contributed by atoms with Gasteiger partial charge in [-0.15, -0.1) is 0 Å². The lowest BCUT2D eigenvalue weighted by atomic mass is 9.79. The maximum Gasteiger partial charge on any atom is 0.163 e. The van der Waals surface area contributed by atoms with Crippen LogP contribution in [0, 0.1) is 0 Å². The number of fused-ring (bicyclic) bond motifs is 4. The van der Waals surface area contributed by atoms with Crippen LogP contribution in [0.25, 0.3) is 33.3 Å². The first-order valence-corrected chi connectivity index (χ1v) is 12.0. The zero-order chi connectivity index (χ0) is 21.1. The number of H-pyrrole nitrogens is 1. The molecule has 4 aromatic rings. The first kappa shape index (κ1) is 18.5. The van der Waals surface area contributed by atoms with Crippen molar-refractivity contribution < 1.29 is 0 Å². The van der Waals surface area contributed by atoms with Crippen LogP contribution in [0.3, 0.4) is 0 Å². The Morgan fingerprint density at radius 2 is 1.88 bits per heavy atom. The molecule has 0 spiro atoms. The molecule has 32 heavy (non-hydrogen) atoms. The van der Waals surface area contributed by atoms with E-state index in [1.54, 1.807) is 0 Å². The van der Waals surface area contributed by atoms with E-state index < -0.39 is 0 Å². The van der Waals surface area contributed by atoms with E-state index in [4.69, 9.17) is 9.97 Å². The molecule has 0 radical (unpaired) electrons. The highest BCUT2D eigenvalue weighted by molar-refractivity contribution is 5.98. The average Bonchev–Trinajstić information content (AvgIpc) is 3.39. The molecule has 2 N–H and O–H groups in total. The van der Waals surface area contributed by atoms with E-state index in [0.717, 1.165) is 67.4 Å². The van der Waals surface area contributed by atoms with Crippen molar-refractivity contribution in [2.24, 2.45) is 0 Å². The number of anilines is 1. The molecule has 7 heteroatoms. The van der Waals surface area contributed by atoms with Gasteiger partial charge in [0.05, 0.1) is 11.7 Å². The fraction of sp³-hybridized carbons (Fsp3) is 0.440. The van der Waals surface area contributed by atoms with Crippen molar-refractivity contribution in [3.63, 3.8) is 0 Å². The van der Waals surface area contributed by atoms with E-state index in [1.165, 1.54) is 53.3 Å². The molecular weight excluding hydrogens is 398 g/mol. The third kappa shape index (κ3) is 2.77. The predicted octanol–water partition coefficient (Wildman–Crippen LogP) is 3.73. The smallest absolute Gasteiger partial charge is 0.163 e. The minimum Gasteiger partial charge on any atom is -0.353 e. The monoisotopic (exact) mass is 425 g/mol. The SMILES string of the molecule is c1cc(-c2nc(N3CCNCC3)c3c(C4CCC4)cncc3n2)c2c3c([nH]c2n1)CCC3. The van der Waals surface area contributed by atoms with E-state index >= 15 is 0 Å². The molecule has 5 heterocycles. The second-order valence-corrected chi connectivity index (χ2v) is 9.38. The van der Waals surface area contributed by atoms with Crippen LogP contribution >= 0.6 is 0 Å². The van der Waals surface area contributed by atoms with Crippen LogP contribution in [-0.2, 0) is 12.8 Å². The predicted molar refractivity (Wildman–Crippen MR) is 126 cm³/mol. The van der Waals surface area contributed by atoms with Gasteiger partial charge in [0.2, 0.25) is 0 Å². The number of nitrogens with zero attached hydrogens (tertiary/aromatic N) is 5. The van der Waals surface area contributed by atoms with Gasteiger partial charge in [0.15, 0.2) is 5.82 Å². The fourth-order valence-electron chi connectivity index (χ4n) is 5.69. The fourth-order valence-corrected chi connectivity index (χ4v) is 5.69.